The quantitative estimate of drug-likeness (QED) is 0.311. The van der Waals surface area contributed by atoms with E-state index in [0.717, 1.165) is 17.7 Å². The van der Waals surface area contributed by atoms with Crippen LogP contribution >= 0.6 is 11.8 Å². The number of aryl methyl sites for hydroxylation is 1. The summed E-state index contributed by atoms with van der Waals surface area (Å²) in [6, 6.07) is 18.8. The standard InChI is InChI=1S/C26H35BN2O5S/c1-25(2)26(3,4)34-27(33-25)22(17-11-14-19-12-7-5-8-13-19)29-23(30)21(28-24(31)32)18-35-20-15-9-6-10-16-20/h5-10,12-13,15-16,21-22,28H,11,14,17-18H2,1-4H3,(H,29,30)(H,31,32). The molecule has 3 N–H and O–H groups in total. The second-order valence-electron chi connectivity index (χ2n) is 9.74. The van der Waals surface area contributed by atoms with E-state index in [9.17, 15) is 14.7 Å². The van der Waals surface area contributed by atoms with E-state index in [-0.39, 0.29) is 5.75 Å². The Bertz CT molecular complexity index is 958. The Hall–Kier alpha value is -2.49. The van der Waals surface area contributed by atoms with E-state index in [1.807, 2.05) is 76.2 Å². The van der Waals surface area contributed by atoms with Crippen molar-refractivity contribution in [3.8, 4) is 0 Å². The van der Waals surface area contributed by atoms with Crippen molar-refractivity contribution in [2.24, 2.45) is 0 Å². The van der Waals surface area contributed by atoms with Crippen LogP contribution in [-0.2, 0) is 20.5 Å². The van der Waals surface area contributed by atoms with E-state index in [1.54, 1.807) is 0 Å². The molecule has 1 aliphatic rings. The summed E-state index contributed by atoms with van der Waals surface area (Å²) in [5.74, 6) is -0.551. The van der Waals surface area contributed by atoms with Crippen molar-refractivity contribution >= 4 is 30.9 Å². The number of rotatable bonds is 11. The fourth-order valence-electron chi connectivity index (χ4n) is 3.81. The molecule has 0 aliphatic carbocycles. The van der Waals surface area contributed by atoms with Crippen LogP contribution in [0.1, 0.15) is 46.1 Å². The van der Waals surface area contributed by atoms with E-state index >= 15 is 0 Å². The van der Waals surface area contributed by atoms with Crippen molar-refractivity contribution in [2.45, 2.75) is 75.0 Å². The highest BCUT2D eigenvalue weighted by Gasteiger charge is 2.54. The third-order valence-electron chi connectivity index (χ3n) is 6.53. The topological polar surface area (TPSA) is 96.9 Å². The van der Waals surface area contributed by atoms with Crippen LogP contribution in [0.5, 0.6) is 0 Å². The van der Waals surface area contributed by atoms with Gasteiger partial charge in [-0.25, -0.2) is 4.79 Å². The summed E-state index contributed by atoms with van der Waals surface area (Å²) in [7, 11) is -0.632. The summed E-state index contributed by atoms with van der Waals surface area (Å²) in [6.07, 6.45) is 1.06. The number of hydrogen-bond donors (Lipinski definition) is 3. The molecule has 0 spiro atoms. The summed E-state index contributed by atoms with van der Waals surface area (Å²) < 4.78 is 12.5. The summed E-state index contributed by atoms with van der Waals surface area (Å²) in [5, 5.41) is 14.7. The molecule has 2 aromatic carbocycles. The van der Waals surface area contributed by atoms with Crippen molar-refractivity contribution in [2.75, 3.05) is 5.75 Å². The SMILES string of the molecule is CC1(C)OB(C(CCCc2ccccc2)NC(=O)C(CSc2ccccc2)NC(=O)O)OC1(C)C. The van der Waals surface area contributed by atoms with Gasteiger partial charge in [-0.15, -0.1) is 11.8 Å². The molecule has 2 aromatic rings. The van der Waals surface area contributed by atoms with Crippen LogP contribution in [0.4, 0.5) is 4.79 Å². The Kier molecular flexibility index (Phi) is 9.27. The Balaban J connectivity index is 1.70. The van der Waals surface area contributed by atoms with Gasteiger partial charge in [-0.3, -0.25) is 4.79 Å². The Morgan fingerprint density at radius 2 is 1.51 bits per heavy atom. The predicted molar refractivity (Wildman–Crippen MR) is 140 cm³/mol. The number of hydrogen-bond acceptors (Lipinski definition) is 5. The fourth-order valence-corrected chi connectivity index (χ4v) is 4.75. The van der Waals surface area contributed by atoms with Gasteiger partial charge in [0.2, 0.25) is 5.91 Å². The average Bonchev–Trinajstić information content (AvgIpc) is 3.03. The molecule has 0 bridgehead atoms. The highest BCUT2D eigenvalue weighted by Crippen LogP contribution is 2.38. The lowest BCUT2D eigenvalue weighted by atomic mass is 9.75. The number of carbonyl (C=O) groups is 2. The van der Waals surface area contributed by atoms with Gasteiger partial charge in [0.25, 0.3) is 0 Å². The van der Waals surface area contributed by atoms with Crippen molar-refractivity contribution in [1.82, 2.24) is 10.6 Å². The van der Waals surface area contributed by atoms with Crippen LogP contribution in [-0.4, -0.2) is 53.2 Å². The molecular weight excluding hydrogens is 463 g/mol. The number of benzene rings is 2. The molecular formula is C26H35BN2O5S. The lowest BCUT2D eigenvalue weighted by Gasteiger charge is -2.32. The van der Waals surface area contributed by atoms with Gasteiger partial charge >= 0.3 is 13.2 Å². The van der Waals surface area contributed by atoms with Gasteiger partial charge in [0.05, 0.1) is 17.1 Å². The molecule has 2 atom stereocenters. The normalized spacial score (nSPS) is 18.0. The molecule has 7 nitrogen and oxygen atoms in total. The zero-order valence-corrected chi connectivity index (χ0v) is 21.6. The van der Waals surface area contributed by atoms with Crippen molar-refractivity contribution in [3.05, 3.63) is 66.2 Å². The minimum atomic E-state index is -1.24. The van der Waals surface area contributed by atoms with Crippen molar-refractivity contribution in [3.63, 3.8) is 0 Å². The molecule has 3 rings (SSSR count). The smallest absolute Gasteiger partial charge is 0.465 e. The largest absolute Gasteiger partial charge is 0.481 e. The first-order chi connectivity index (χ1) is 16.6. The maximum atomic E-state index is 13.3. The molecule has 35 heavy (non-hydrogen) atoms. The third-order valence-corrected chi connectivity index (χ3v) is 7.63. The molecule has 188 valence electrons. The first-order valence-electron chi connectivity index (χ1n) is 11.9. The maximum Gasteiger partial charge on any atom is 0.481 e. The van der Waals surface area contributed by atoms with Gasteiger partial charge in [-0.2, -0.15) is 0 Å². The average molecular weight is 498 g/mol. The highest BCUT2D eigenvalue weighted by atomic mass is 32.2. The number of thioether (sulfide) groups is 1. The first-order valence-corrected chi connectivity index (χ1v) is 12.9. The van der Waals surface area contributed by atoms with E-state index < -0.39 is 42.3 Å². The van der Waals surface area contributed by atoms with Crippen LogP contribution in [0.2, 0.25) is 0 Å². The molecule has 0 saturated carbocycles. The second kappa shape index (κ2) is 12.0. The molecule has 1 fully saturated rings. The fraction of sp³-hybridized carbons (Fsp3) is 0.462. The van der Waals surface area contributed by atoms with Gasteiger partial charge < -0.3 is 25.0 Å². The van der Waals surface area contributed by atoms with Crippen LogP contribution < -0.4 is 10.6 Å². The summed E-state index contributed by atoms with van der Waals surface area (Å²) >= 11 is 1.42. The van der Waals surface area contributed by atoms with Gasteiger partial charge in [-0.05, 0) is 64.7 Å². The van der Waals surface area contributed by atoms with Gasteiger partial charge in [0.1, 0.15) is 6.04 Å². The number of carbonyl (C=O) groups excluding carboxylic acids is 1. The Morgan fingerprint density at radius 1 is 0.943 bits per heavy atom. The zero-order valence-electron chi connectivity index (χ0n) is 20.8. The third kappa shape index (κ3) is 7.75. The minimum absolute atomic E-state index is 0.266. The molecule has 1 heterocycles. The molecule has 1 saturated heterocycles. The summed E-state index contributed by atoms with van der Waals surface area (Å²) in [4.78, 5) is 25.6. The summed E-state index contributed by atoms with van der Waals surface area (Å²) in [5.41, 5.74) is 0.139. The van der Waals surface area contributed by atoms with Gasteiger partial charge in [0.15, 0.2) is 0 Å². The Labute approximate surface area is 212 Å². The molecule has 1 aliphatic heterocycles. The second-order valence-corrected chi connectivity index (χ2v) is 10.8. The van der Waals surface area contributed by atoms with Crippen LogP contribution in [0.3, 0.4) is 0 Å². The molecule has 2 amide bonds. The minimum Gasteiger partial charge on any atom is -0.465 e. The molecule has 2 unspecified atom stereocenters. The van der Waals surface area contributed by atoms with Gasteiger partial charge in [-0.1, -0.05) is 48.5 Å². The number of nitrogens with one attached hydrogen (secondary N) is 2. The van der Waals surface area contributed by atoms with Gasteiger partial charge in [0, 0.05) is 10.6 Å². The van der Waals surface area contributed by atoms with Crippen molar-refractivity contribution in [1.29, 1.82) is 0 Å². The molecule has 9 heteroatoms. The Morgan fingerprint density at radius 3 is 2.09 bits per heavy atom. The van der Waals surface area contributed by atoms with E-state index in [2.05, 4.69) is 22.8 Å². The summed E-state index contributed by atoms with van der Waals surface area (Å²) in [6.45, 7) is 7.89. The lowest BCUT2D eigenvalue weighted by molar-refractivity contribution is -0.123. The molecule has 0 radical (unpaired) electrons. The molecule has 0 aromatic heterocycles. The first kappa shape index (κ1) is 27.1. The maximum absolute atomic E-state index is 13.3. The highest BCUT2D eigenvalue weighted by molar-refractivity contribution is 7.99. The van der Waals surface area contributed by atoms with Crippen LogP contribution in [0, 0.1) is 0 Å². The number of carboxylic acid groups (broad SMARTS) is 1. The van der Waals surface area contributed by atoms with E-state index in [4.69, 9.17) is 9.31 Å². The van der Waals surface area contributed by atoms with Crippen molar-refractivity contribution < 1.29 is 24.0 Å². The van der Waals surface area contributed by atoms with E-state index in [1.165, 1.54) is 17.3 Å². The monoisotopic (exact) mass is 498 g/mol. The van der Waals surface area contributed by atoms with Crippen LogP contribution in [0.15, 0.2) is 65.6 Å². The van der Waals surface area contributed by atoms with Crippen LogP contribution in [0.25, 0.3) is 0 Å². The zero-order chi connectivity index (χ0) is 25.5. The van der Waals surface area contributed by atoms with E-state index in [0.29, 0.717) is 6.42 Å². The number of amides is 2. The lowest BCUT2D eigenvalue weighted by Crippen LogP contribution is -2.55. The predicted octanol–water partition coefficient (Wildman–Crippen LogP) is 4.55.